The van der Waals surface area contributed by atoms with E-state index in [-0.39, 0.29) is 5.78 Å². The number of methoxy groups -OCH3 is 1. The highest BCUT2D eigenvalue weighted by atomic mass is 32.2. The molecule has 3 rings (SSSR count). The third-order valence-corrected chi connectivity index (χ3v) is 5.13. The summed E-state index contributed by atoms with van der Waals surface area (Å²) < 4.78 is 10.9. The highest BCUT2D eigenvalue weighted by Crippen LogP contribution is 2.28. The summed E-state index contributed by atoms with van der Waals surface area (Å²) >= 11 is 1.72. The summed E-state index contributed by atoms with van der Waals surface area (Å²) in [6.45, 7) is 3.36. The van der Waals surface area contributed by atoms with Crippen LogP contribution in [0.5, 0.6) is 11.5 Å². The Kier molecular flexibility index (Phi) is 7.14. The van der Waals surface area contributed by atoms with Gasteiger partial charge in [-0.05, 0) is 61.4 Å². The molecule has 0 fully saturated rings. The second kappa shape index (κ2) is 9.99. The van der Waals surface area contributed by atoms with Crippen molar-refractivity contribution >= 4 is 34.5 Å². The van der Waals surface area contributed by atoms with E-state index < -0.39 is 0 Å². The summed E-state index contributed by atoms with van der Waals surface area (Å²) in [6, 6.07) is 13.0. The molecule has 6 heteroatoms. The quantitative estimate of drug-likeness (QED) is 0.533. The maximum Gasteiger partial charge on any atom is 0.185 e. The number of aliphatic imine (C=N–C) groups is 1. The van der Waals surface area contributed by atoms with Crippen LogP contribution in [0.1, 0.15) is 29.3 Å². The number of ketones is 1. The zero-order chi connectivity index (χ0) is 19.8. The maximum absolute atomic E-state index is 12.5. The molecule has 28 heavy (non-hydrogen) atoms. The molecule has 0 aliphatic carbocycles. The third kappa shape index (κ3) is 5.39. The number of anilines is 1. The van der Waals surface area contributed by atoms with Gasteiger partial charge in [0.1, 0.15) is 0 Å². The van der Waals surface area contributed by atoms with Crippen LogP contribution in [-0.4, -0.2) is 37.0 Å². The van der Waals surface area contributed by atoms with Crippen molar-refractivity contribution in [1.29, 1.82) is 0 Å². The molecule has 1 aliphatic heterocycles. The minimum atomic E-state index is -0.0521. The Hall–Kier alpha value is -2.73. The minimum Gasteiger partial charge on any atom is -0.493 e. The van der Waals surface area contributed by atoms with Crippen molar-refractivity contribution in [2.75, 3.05) is 31.3 Å². The lowest BCUT2D eigenvalue weighted by Crippen LogP contribution is -2.13. The molecule has 0 radical (unpaired) electrons. The highest BCUT2D eigenvalue weighted by Gasteiger charge is 2.08. The first-order chi connectivity index (χ1) is 13.7. The first-order valence-corrected chi connectivity index (χ1v) is 10.3. The second-order valence-electron chi connectivity index (χ2n) is 6.13. The molecule has 0 atom stereocenters. The fourth-order valence-corrected chi connectivity index (χ4v) is 3.55. The van der Waals surface area contributed by atoms with Gasteiger partial charge in [-0.25, -0.2) is 0 Å². The van der Waals surface area contributed by atoms with Gasteiger partial charge in [0.05, 0.1) is 13.7 Å². The SMILES string of the molecule is CCOc1ccc(/C=C/C(=O)c2ccc(NC3=NCCCS3)cc2)cc1OC. The van der Waals surface area contributed by atoms with Crippen LogP contribution in [0.4, 0.5) is 5.69 Å². The van der Waals surface area contributed by atoms with Crippen LogP contribution in [0.25, 0.3) is 6.08 Å². The number of nitrogens with zero attached hydrogens (tertiary/aromatic N) is 1. The van der Waals surface area contributed by atoms with Gasteiger partial charge in [0.15, 0.2) is 22.4 Å². The van der Waals surface area contributed by atoms with Crippen molar-refractivity contribution in [3.8, 4) is 11.5 Å². The second-order valence-corrected chi connectivity index (χ2v) is 7.22. The van der Waals surface area contributed by atoms with Crippen LogP contribution in [0, 0.1) is 0 Å². The van der Waals surface area contributed by atoms with E-state index in [1.165, 1.54) is 0 Å². The third-order valence-electron chi connectivity index (χ3n) is 4.13. The van der Waals surface area contributed by atoms with Crippen LogP contribution >= 0.6 is 11.8 Å². The molecule has 1 heterocycles. The van der Waals surface area contributed by atoms with Crippen LogP contribution in [0.3, 0.4) is 0 Å². The predicted octanol–water partition coefficient (Wildman–Crippen LogP) is 4.89. The van der Waals surface area contributed by atoms with Gasteiger partial charge in [-0.3, -0.25) is 9.79 Å². The van der Waals surface area contributed by atoms with E-state index in [4.69, 9.17) is 9.47 Å². The summed E-state index contributed by atoms with van der Waals surface area (Å²) in [4.78, 5) is 16.9. The summed E-state index contributed by atoms with van der Waals surface area (Å²) in [5, 5.41) is 4.23. The van der Waals surface area contributed by atoms with Crippen molar-refractivity contribution < 1.29 is 14.3 Å². The molecule has 0 saturated carbocycles. The van der Waals surface area contributed by atoms with Gasteiger partial charge in [-0.15, -0.1) is 0 Å². The number of hydrogen-bond acceptors (Lipinski definition) is 6. The zero-order valence-corrected chi connectivity index (χ0v) is 16.9. The molecule has 0 amide bonds. The van der Waals surface area contributed by atoms with Crippen molar-refractivity contribution in [3.05, 3.63) is 59.7 Å². The first kappa shape index (κ1) is 20.0. The average molecular weight is 397 g/mol. The Morgan fingerprint density at radius 3 is 2.71 bits per heavy atom. The van der Waals surface area contributed by atoms with E-state index in [9.17, 15) is 4.79 Å². The molecular weight excluding hydrogens is 372 g/mol. The van der Waals surface area contributed by atoms with Gasteiger partial charge >= 0.3 is 0 Å². The molecule has 2 aromatic rings. The summed E-state index contributed by atoms with van der Waals surface area (Å²) in [6.07, 6.45) is 4.47. The fraction of sp³-hybridized carbons (Fsp3) is 0.273. The normalized spacial score (nSPS) is 13.9. The van der Waals surface area contributed by atoms with E-state index in [0.717, 1.165) is 35.1 Å². The van der Waals surface area contributed by atoms with E-state index in [2.05, 4.69) is 10.3 Å². The Balaban J connectivity index is 1.64. The Morgan fingerprint density at radius 1 is 1.21 bits per heavy atom. The fourth-order valence-electron chi connectivity index (χ4n) is 2.71. The number of carbonyl (C=O) groups excluding carboxylic acids is 1. The number of ether oxygens (including phenoxy) is 2. The average Bonchev–Trinajstić information content (AvgIpc) is 2.74. The monoisotopic (exact) mass is 396 g/mol. The first-order valence-electron chi connectivity index (χ1n) is 9.27. The molecule has 5 nitrogen and oxygen atoms in total. The lowest BCUT2D eigenvalue weighted by Gasteiger charge is -2.13. The Bertz CT molecular complexity index is 876. The topological polar surface area (TPSA) is 59.9 Å². The maximum atomic E-state index is 12.5. The van der Waals surface area contributed by atoms with Crippen molar-refractivity contribution in [2.24, 2.45) is 4.99 Å². The number of amidine groups is 1. The van der Waals surface area contributed by atoms with E-state index in [0.29, 0.717) is 23.7 Å². The van der Waals surface area contributed by atoms with Crippen molar-refractivity contribution in [2.45, 2.75) is 13.3 Å². The number of carbonyl (C=O) groups is 1. The standard InChI is InChI=1S/C22H24N2O3S/c1-3-27-20-12-6-16(15-21(20)26-2)5-11-19(25)17-7-9-18(10-8-17)24-22-23-13-4-14-28-22/h5-12,15H,3-4,13-14H2,1-2H3,(H,23,24)/b11-5+. The molecular formula is C22H24N2O3S. The lowest BCUT2D eigenvalue weighted by atomic mass is 10.1. The molecule has 0 spiro atoms. The van der Waals surface area contributed by atoms with Crippen LogP contribution in [0.15, 0.2) is 53.5 Å². The number of nitrogens with one attached hydrogen (secondary N) is 1. The molecule has 1 aliphatic rings. The van der Waals surface area contributed by atoms with Gasteiger partial charge in [0.25, 0.3) is 0 Å². The minimum absolute atomic E-state index is 0.0521. The van der Waals surface area contributed by atoms with Crippen LogP contribution in [-0.2, 0) is 0 Å². The van der Waals surface area contributed by atoms with Crippen LogP contribution < -0.4 is 14.8 Å². The molecule has 2 aromatic carbocycles. The predicted molar refractivity (Wildman–Crippen MR) is 117 cm³/mol. The molecule has 0 aromatic heterocycles. The van der Waals surface area contributed by atoms with Gasteiger partial charge < -0.3 is 14.8 Å². The van der Waals surface area contributed by atoms with Gasteiger partial charge in [0, 0.05) is 23.5 Å². The smallest absolute Gasteiger partial charge is 0.185 e. The van der Waals surface area contributed by atoms with Gasteiger partial charge in [0.2, 0.25) is 0 Å². The number of hydrogen-bond donors (Lipinski definition) is 1. The number of rotatable bonds is 7. The Morgan fingerprint density at radius 2 is 2.04 bits per heavy atom. The van der Waals surface area contributed by atoms with Gasteiger partial charge in [-0.1, -0.05) is 23.9 Å². The molecule has 0 unspecified atom stereocenters. The lowest BCUT2D eigenvalue weighted by molar-refractivity contribution is 0.104. The Labute approximate surface area is 169 Å². The highest BCUT2D eigenvalue weighted by molar-refractivity contribution is 8.14. The molecule has 1 N–H and O–H groups in total. The zero-order valence-electron chi connectivity index (χ0n) is 16.1. The van der Waals surface area contributed by atoms with Gasteiger partial charge in [-0.2, -0.15) is 0 Å². The summed E-state index contributed by atoms with van der Waals surface area (Å²) in [5.41, 5.74) is 2.45. The van der Waals surface area contributed by atoms with E-state index >= 15 is 0 Å². The van der Waals surface area contributed by atoms with E-state index in [1.807, 2.05) is 49.4 Å². The van der Waals surface area contributed by atoms with E-state index in [1.54, 1.807) is 31.0 Å². The number of thioether (sulfide) groups is 1. The largest absolute Gasteiger partial charge is 0.493 e. The number of allylic oxidation sites excluding steroid dienone is 1. The molecule has 0 bridgehead atoms. The summed E-state index contributed by atoms with van der Waals surface area (Å²) in [5.74, 6) is 2.38. The number of benzene rings is 2. The molecule has 0 saturated heterocycles. The van der Waals surface area contributed by atoms with Crippen LogP contribution in [0.2, 0.25) is 0 Å². The molecule has 146 valence electrons. The van der Waals surface area contributed by atoms with Crippen molar-refractivity contribution in [1.82, 2.24) is 0 Å². The summed E-state index contributed by atoms with van der Waals surface area (Å²) in [7, 11) is 1.60. The van der Waals surface area contributed by atoms with Crippen molar-refractivity contribution in [3.63, 3.8) is 0 Å².